The zero-order valence-electron chi connectivity index (χ0n) is 11.6. The summed E-state index contributed by atoms with van der Waals surface area (Å²) in [4.78, 5) is 0. The van der Waals surface area contributed by atoms with Gasteiger partial charge >= 0.3 is 0 Å². The summed E-state index contributed by atoms with van der Waals surface area (Å²) >= 11 is 0. The van der Waals surface area contributed by atoms with Crippen molar-refractivity contribution >= 4 is 0 Å². The molecule has 4 aliphatic rings. The number of hydrogen-bond donors (Lipinski definition) is 0. The Morgan fingerprint density at radius 1 is 1.05 bits per heavy atom. The maximum atomic E-state index is 9.64. The zero-order valence-corrected chi connectivity index (χ0v) is 11.6. The van der Waals surface area contributed by atoms with E-state index < -0.39 is 0 Å². The standard InChI is InChI=1S/C18H23N/c19-12-18(11-14-4-6-17(18)10-14)7-1-2-15-8-13-3-5-16(15)9-13/h3-6,13-17H,1-2,7-11H2. The molecule has 0 spiro atoms. The fourth-order valence-corrected chi connectivity index (χ4v) is 5.33. The molecule has 6 atom stereocenters. The molecule has 4 rings (SSSR count). The molecule has 0 aromatic carbocycles. The molecule has 0 N–H and O–H groups in total. The third kappa shape index (κ3) is 1.80. The van der Waals surface area contributed by atoms with Crippen molar-refractivity contribution in [3.8, 4) is 6.07 Å². The Bertz CT molecular complexity index is 469. The van der Waals surface area contributed by atoms with Crippen LogP contribution in [0.4, 0.5) is 0 Å². The molecule has 0 amide bonds. The molecule has 2 fully saturated rings. The molecule has 1 nitrogen and oxygen atoms in total. The Morgan fingerprint density at radius 2 is 1.95 bits per heavy atom. The van der Waals surface area contributed by atoms with Crippen LogP contribution in [-0.4, -0.2) is 0 Å². The quantitative estimate of drug-likeness (QED) is 0.678. The molecule has 19 heavy (non-hydrogen) atoms. The Morgan fingerprint density at radius 3 is 2.53 bits per heavy atom. The summed E-state index contributed by atoms with van der Waals surface area (Å²) in [6.07, 6.45) is 18.6. The van der Waals surface area contributed by atoms with Crippen LogP contribution in [-0.2, 0) is 0 Å². The van der Waals surface area contributed by atoms with E-state index in [-0.39, 0.29) is 5.41 Å². The third-order valence-electron chi connectivity index (χ3n) is 6.35. The summed E-state index contributed by atoms with van der Waals surface area (Å²) in [5.41, 5.74) is 0.00682. The molecule has 0 saturated heterocycles. The minimum absolute atomic E-state index is 0.00682. The average molecular weight is 253 g/mol. The van der Waals surface area contributed by atoms with E-state index in [2.05, 4.69) is 30.4 Å². The summed E-state index contributed by atoms with van der Waals surface area (Å²) in [6, 6.07) is 2.70. The minimum Gasteiger partial charge on any atom is -0.198 e. The molecule has 0 heterocycles. The Balaban J connectivity index is 1.34. The number of hydrogen-bond acceptors (Lipinski definition) is 1. The van der Waals surface area contributed by atoms with E-state index in [0.29, 0.717) is 5.92 Å². The lowest BCUT2D eigenvalue weighted by Crippen LogP contribution is -2.24. The first-order chi connectivity index (χ1) is 9.29. The fraction of sp³-hybridized carbons (Fsp3) is 0.722. The van der Waals surface area contributed by atoms with Crippen molar-refractivity contribution in [3.05, 3.63) is 24.3 Å². The second-order valence-corrected chi connectivity index (χ2v) is 7.39. The SMILES string of the molecule is N#CC1(CCCC2CC3C=CC2C3)CC2C=CC1C2. The molecule has 0 aromatic rings. The van der Waals surface area contributed by atoms with Gasteiger partial charge in [-0.05, 0) is 68.1 Å². The highest BCUT2D eigenvalue weighted by molar-refractivity contribution is 5.22. The van der Waals surface area contributed by atoms with Gasteiger partial charge in [-0.3, -0.25) is 0 Å². The smallest absolute Gasteiger partial charge is 0.0696 e. The lowest BCUT2D eigenvalue weighted by atomic mass is 9.72. The van der Waals surface area contributed by atoms with Gasteiger partial charge < -0.3 is 0 Å². The maximum Gasteiger partial charge on any atom is 0.0696 e. The van der Waals surface area contributed by atoms with E-state index in [1.165, 1.54) is 32.1 Å². The van der Waals surface area contributed by atoms with Crippen LogP contribution in [0.5, 0.6) is 0 Å². The second kappa shape index (κ2) is 4.23. The van der Waals surface area contributed by atoms with Crippen LogP contribution in [0.2, 0.25) is 0 Å². The molecule has 0 aromatic heterocycles. The molecule has 1 heteroatoms. The number of allylic oxidation sites excluding steroid dienone is 4. The van der Waals surface area contributed by atoms with E-state index >= 15 is 0 Å². The van der Waals surface area contributed by atoms with Crippen LogP contribution in [0.3, 0.4) is 0 Å². The van der Waals surface area contributed by atoms with Gasteiger partial charge in [0.2, 0.25) is 0 Å². The van der Waals surface area contributed by atoms with E-state index in [9.17, 15) is 5.26 Å². The molecular formula is C18H23N. The van der Waals surface area contributed by atoms with Crippen molar-refractivity contribution in [2.75, 3.05) is 0 Å². The fourth-order valence-electron chi connectivity index (χ4n) is 5.33. The predicted molar refractivity (Wildman–Crippen MR) is 76.1 cm³/mol. The van der Waals surface area contributed by atoms with Gasteiger partial charge in [-0.1, -0.05) is 30.7 Å². The van der Waals surface area contributed by atoms with Crippen LogP contribution in [0, 0.1) is 46.3 Å². The molecule has 2 saturated carbocycles. The summed E-state index contributed by atoms with van der Waals surface area (Å²) in [5.74, 6) is 3.99. The van der Waals surface area contributed by atoms with Crippen LogP contribution in [0.25, 0.3) is 0 Å². The molecule has 100 valence electrons. The van der Waals surface area contributed by atoms with E-state index in [4.69, 9.17) is 0 Å². The summed E-state index contributed by atoms with van der Waals surface area (Å²) in [5, 5.41) is 9.64. The molecule has 0 aliphatic heterocycles. The van der Waals surface area contributed by atoms with Crippen molar-refractivity contribution in [2.24, 2.45) is 35.0 Å². The van der Waals surface area contributed by atoms with Gasteiger partial charge in [0.15, 0.2) is 0 Å². The van der Waals surface area contributed by atoms with Crippen molar-refractivity contribution < 1.29 is 0 Å². The molecule has 4 aliphatic carbocycles. The van der Waals surface area contributed by atoms with Crippen LogP contribution >= 0.6 is 0 Å². The highest BCUT2D eigenvalue weighted by Gasteiger charge is 2.48. The first-order valence-corrected chi connectivity index (χ1v) is 8.07. The Labute approximate surface area is 116 Å². The van der Waals surface area contributed by atoms with Crippen LogP contribution in [0.1, 0.15) is 44.9 Å². The van der Waals surface area contributed by atoms with Crippen LogP contribution < -0.4 is 0 Å². The number of nitriles is 1. The third-order valence-corrected chi connectivity index (χ3v) is 6.35. The first-order valence-electron chi connectivity index (χ1n) is 8.07. The lowest BCUT2D eigenvalue weighted by molar-refractivity contribution is 0.273. The Hall–Kier alpha value is -1.03. The number of fused-ring (bicyclic) bond motifs is 4. The molecular weight excluding hydrogens is 230 g/mol. The zero-order chi connectivity index (χ0) is 12.9. The molecule has 0 radical (unpaired) electrons. The van der Waals surface area contributed by atoms with Gasteiger partial charge in [0.1, 0.15) is 0 Å². The van der Waals surface area contributed by atoms with E-state index in [0.717, 1.165) is 36.5 Å². The monoisotopic (exact) mass is 253 g/mol. The van der Waals surface area contributed by atoms with Gasteiger partial charge in [-0.15, -0.1) is 0 Å². The highest BCUT2D eigenvalue weighted by atomic mass is 14.5. The normalized spacial score (nSPS) is 49.1. The van der Waals surface area contributed by atoms with Crippen molar-refractivity contribution in [1.29, 1.82) is 5.26 Å². The summed E-state index contributed by atoms with van der Waals surface area (Å²) < 4.78 is 0. The van der Waals surface area contributed by atoms with Crippen molar-refractivity contribution in [2.45, 2.75) is 44.9 Å². The van der Waals surface area contributed by atoms with Gasteiger partial charge in [0.05, 0.1) is 11.5 Å². The molecule has 4 bridgehead atoms. The van der Waals surface area contributed by atoms with Gasteiger partial charge in [-0.2, -0.15) is 5.26 Å². The first kappa shape index (κ1) is 11.8. The summed E-state index contributed by atoms with van der Waals surface area (Å²) in [7, 11) is 0. The summed E-state index contributed by atoms with van der Waals surface area (Å²) in [6.45, 7) is 0. The van der Waals surface area contributed by atoms with Crippen LogP contribution in [0.15, 0.2) is 24.3 Å². The van der Waals surface area contributed by atoms with E-state index in [1.807, 2.05) is 0 Å². The number of nitrogens with zero attached hydrogens (tertiary/aromatic N) is 1. The largest absolute Gasteiger partial charge is 0.198 e. The predicted octanol–water partition coefficient (Wildman–Crippen LogP) is 4.47. The van der Waals surface area contributed by atoms with E-state index in [1.54, 1.807) is 0 Å². The second-order valence-electron chi connectivity index (χ2n) is 7.39. The molecule has 6 unspecified atom stereocenters. The van der Waals surface area contributed by atoms with Crippen molar-refractivity contribution in [1.82, 2.24) is 0 Å². The number of rotatable bonds is 4. The highest BCUT2D eigenvalue weighted by Crippen LogP contribution is 2.55. The Kier molecular flexibility index (Phi) is 2.62. The van der Waals surface area contributed by atoms with Gasteiger partial charge in [-0.25, -0.2) is 0 Å². The van der Waals surface area contributed by atoms with Gasteiger partial charge in [0.25, 0.3) is 0 Å². The lowest BCUT2D eigenvalue weighted by Gasteiger charge is -2.29. The average Bonchev–Trinajstić information content (AvgIpc) is 3.18. The minimum atomic E-state index is 0.00682. The van der Waals surface area contributed by atoms with Crippen molar-refractivity contribution in [3.63, 3.8) is 0 Å². The topological polar surface area (TPSA) is 23.8 Å². The van der Waals surface area contributed by atoms with Gasteiger partial charge in [0, 0.05) is 0 Å². The maximum absolute atomic E-state index is 9.64.